The van der Waals surface area contributed by atoms with Gasteiger partial charge in [0, 0.05) is 12.0 Å². The Balaban J connectivity index is 1.71. The first kappa shape index (κ1) is 16.0. The van der Waals surface area contributed by atoms with Gasteiger partial charge in [-0.2, -0.15) is 5.10 Å². The van der Waals surface area contributed by atoms with Crippen LogP contribution in [0.25, 0.3) is 16.2 Å². The van der Waals surface area contributed by atoms with Gasteiger partial charge >= 0.3 is 0 Å². The van der Waals surface area contributed by atoms with Gasteiger partial charge in [-0.25, -0.2) is 9.50 Å². The van der Waals surface area contributed by atoms with Crippen molar-refractivity contribution in [1.29, 1.82) is 0 Å². The van der Waals surface area contributed by atoms with E-state index in [1.54, 1.807) is 11.3 Å². The number of ether oxygens (including phenoxy) is 1. The quantitative estimate of drug-likeness (QED) is 0.547. The molecular weight excluding hydrogens is 306 g/mol. The molecule has 0 radical (unpaired) electrons. The molecule has 0 N–H and O–H groups in total. The van der Waals surface area contributed by atoms with Crippen molar-refractivity contribution in [3.63, 3.8) is 0 Å². The van der Waals surface area contributed by atoms with E-state index in [9.17, 15) is 0 Å². The molecule has 0 fully saturated rings. The molecule has 3 aromatic rings. The van der Waals surface area contributed by atoms with Crippen molar-refractivity contribution in [2.75, 3.05) is 6.61 Å². The van der Waals surface area contributed by atoms with Crippen LogP contribution in [0.3, 0.4) is 0 Å². The highest BCUT2D eigenvalue weighted by molar-refractivity contribution is 7.16. The van der Waals surface area contributed by atoms with Gasteiger partial charge in [-0.05, 0) is 37.1 Å². The molecule has 0 amide bonds. The number of hydrogen-bond acceptors (Lipinski definition) is 4. The molecule has 0 aliphatic carbocycles. The third kappa shape index (κ3) is 3.91. The van der Waals surface area contributed by atoms with Crippen molar-refractivity contribution < 1.29 is 4.74 Å². The van der Waals surface area contributed by atoms with Gasteiger partial charge in [-0.3, -0.25) is 0 Å². The molecule has 0 saturated heterocycles. The smallest absolute Gasteiger partial charge is 0.212 e. The van der Waals surface area contributed by atoms with Crippen molar-refractivity contribution in [1.82, 2.24) is 14.6 Å². The first-order valence-electron chi connectivity index (χ1n) is 8.38. The molecule has 0 unspecified atom stereocenters. The Morgan fingerprint density at radius 2 is 1.87 bits per heavy atom. The molecule has 0 atom stereocenters. The van der Waals surface area contributed by atoms with Crippen LogP contribution in [0.15, 0.2) is 30.5 Å². The normalized spacial score (nSPS) is 11.2. The van der Waals surface area contributed by atoms with E-state index in [0.29, 0.717) is 0 Å². The number of rotatable bonds is 8. The maximum absolute atomic E-state index is 5.70. The maximum Gasteiger partial charge on any atom is 0.212 e. The lowest BCUT2D eigenvalue weighted by molar-refractivity contribution is 0.309. The van der Waals surface area contributed by atoms with Crippen LogP contribution in [-0.4, -0.2) is 21.2 Å². The second-order valence-corrected chi connectivity index (χ2v) is 6.72. The van der Waals surface area contributed by atoms with Crippen LogP contribution in [0.4, 0.5) is 0 Å². The van der Waals surface area contributed by atoms with Gasteiger partial charge in [-0.15, -0.1) is 0 Å². The van der Waals surface area contributed by atoms with Crippen LogP contribution in [0, 0.1) is 0 Å². The zero-order valence-electron chi connectivity index (χ0n) is 13.8. The SMILES string of the molecule is CCCCOc1ccc(-c2cn3nc(CCCC)sc3n2)cc1. The van der Waals surface area contributed by atoms with E-state index in [2.05, 4.69) is 31.1 Å². The number of fused-ring (bicyclic) bond motifs is 1. The van der Waals surface area contributed by atoms with E-state index in [1.165, 1.54) is 17.8 Å². The summed E-state index contributed by atoms with van der Waals surface area (Å²) < 4.78 is 7.60. The maximum atomic E-state index is 5.70. The summed E-state index contributed by atoms with van der Waals surface area (Å²) in [5.74, 6) is 0.920. The van der Waals surface area contributed by atoms with Gasteiger partial charge < -0.3 is 4.74 Å². The third-order valence-electron chi connectivity index (χ3n) is 3.75. The lowest BCUT2D eigenvalue weighted by Crippen LogP contribution is -1.95. The predicted molar refractivity (Wildman–Crippen MR) is 95.3 cm³/mol. The number of hydrogen-bond donors (Lipinski definition) is 0. The van der Waals surface area contributed by atoms with E-state index < -0.39 is 0 Å². The van der Waals surface area contributed by atoms with E-state index in [0.717, 1.165) is 47.8 Å². The summed E-state index contributed by atoms with van der Waals surface area (Å²) in [6, 6.07) is 8.15. The predicted octanol–water partition coefficient (Wildman–Crippen LogP) is 4.98. The zero-order valence-corrected chi connectivity index (χ0v) is 14.6. The highest BCUT2D eigenvalue weighted by Gasteiger charge is 2.09. The van der Waals surface area contributed by atoms with Crippen LogP contribution in [0.2, 0.25) is 0 Å². The summed E-state index contributed by atoms with van der Waals surface area (Å²) in [6.45, 7) is 5.14. The van der Waals surface area contributed by atoms with Crippen LogP contribution in [-0.2, 0) is 6.42 Å². The standard InChI is InChI=1S/C18H23N3OS/c1-3-5-7-17-20-21-13-16(19-18(21)23-17)14-8-10-15(11-9-14)22-12-6-4-2/h8-11,13H,3-7,12H2,1-2H3. The second-order valence-electron chi connectivity index (χ2n) is 5.68. The number of nitrogens with zero attached hydrogens (tertiary/aromatic N) is 3. The van der Waals surface area contributed by atoms with Crippen molar-refractivity contribution >= 4 is 16.3 Å². The monoisotopic (exact) mass is 329 g/mol. The fraction of sp³-hybridized carbons (Fsp3) is 0.444. The number of aromatic nitrogens is 3. The van der Waals surface area contributed by atoms with E-state index in [1.807, 2.05) is 22.8 Å². The Labute approximate surface area is 141 Å². The van der Waals surface area contributed by atoms with E-state index in [-0.39, 0.29) is 0 Å². The van der Waals surface area contributed by atoms with E-state index >= 15 is 0 Å². The summed E-state index contributed by atoms with van der Waals surface area (Å²) in [5.41, 5.74) is 2.06. The minimum Gasteiger partial charge on any atom is -0.494 e. The number of unbranched alkanes of at least 4 members (excludes halogenated alkanes) is 2. The van der Waals surface area contributed by atoms with Crippen LogP contribution in [0.5, 0.6) is 5.75 Å². The number of imidazole rings is 1. The number of aryl methyl sites for hydroxylation is 1. The average molecular weight is 329 g/mol. The Morgan fingerprint density at radius 3 is 2.57 bits per heavy atom. The molecule has 3 rings (SSSR count). The van der Waals surface area contributed by atoms with Crippen molar-refractivity contribution in [2.45, 2.75) is 46.0 Å². The summed E-state index contributed by atoms with van der Waals surface area (Å²) in [4.78, 5) is 5.66. The van der Waals surface area contributed by atoms with Gasteiger partial charge in [0.25, 0.3) is 0 Å². The van der Waals surface area contributed by atoms with Crippen LogP contribution in [0.1, 0.15) is 44.5 Å². The van der Waals surface area contributed by atoms with Gasteiger partial charge in [0.05, 0.1) is 18.5 Å². The minimum absolute atomic E-state index is 0.778. The van der Waals surface area contributed by atoms with Crippen LogP contribution >= 0.6 is 11.3 Å². The fourth-order valence-corrected chi connectivity index (χ4v) is 3.28. The van der Waals surface area contributed by atoms with Gasteiger partial charge in [0.1, 0.15) is 10.8 Å². The summed E-state index contributed by atoms with van der Waals surface area (Å²) >= 11 is 1.69. The summed E-state index contributed by atoms with van der Waals surface area (Å²) in [5, 5.41) is 5.78. The largest absolute Gasteiger partial charge is 0.494 e. The molecule has 4 nitrogen and oxygen atoms in total. The topological polar surface area (TPSA) is 39.4 Å². The Kier molecular flexibility index (Phi) is 5.28. The Hall–Kier alpha value is -1.88. The van der Waals surface area contributed by atoms with Crippen molar-refractivity contribution in [3.8, 4) is 17.0 Å². The van der Waals surface area contributed by atoms with Gasteiger partial charge in [-0.1, -0.05) is 38.0 Å². The molecule has 2 aromatic heterocycles. The minimum atomic E-state index is 0.778. The second kappa shape index (κ2) is 7.59. The van der Waals surface area contributed by atoms with Crippen molar-refractivity contribution in [3.05, 3.63) is 35.5 Å². The lowest BCUT2D eigenvalue weighted by atomic mass is 10.2. The van der Waals surface area contributed by atoms with Gasteiger partial charge in [0.2, 0.25) is 4.96 Å². The molecule has 0 aliphatic heterocycles. The Morgan fingerprint density at radius 1 is 1.09 bits per heavy atom. The van der Waals surface area contributed by atoms with E-state index in [4.69, 9.17) is 9.72 Å². The highest BCUT2D eigenvalue weighted by Crippen LogP contribution is 2.24. The molecule has 122 valence electrons. The average Bonchev–Trinajstić information content (AvgIpc) is 3.12. The third-order valence-corrected chi connectivity index (χ3v) is 4.73. The van der Waals surface area contributed by atoms with Gasteiger partial charge in [0.15, 0.2) is 0 Å². The Bertz CT molecular complexity index is 714. The molecule has 0 aliphatic rings. The molecule has 23 heavy (non-hydrogen) atoms. The first-order chi connectivity index (χ1) is 11.3. The molecular formula is C18H23N3OS. The highest BCUT2D eigenvalue weighted by atomic mass is 32.1. The first-order valence-corrected chi connectivity index (χ1v) is 9.20. The molecule has 0 spiro atoms. The van der Waals surface area contributed by atoms with Crippen molar-refractivity contribution in [2.24, 2.45) is 0 Å². The summed E-state index contributed by atoms with van der Waals surface area (Å²) in [6.07, 6.45) is 7.67. The zero-order chi connectivity index (χ0) is 16.1. The molecule has 2 heterocycles. The molecule has 1 aromatic carbocycles. The molecule has 0 saturated carbocycles. The fourth-order valence-electron chi connectivity index (χ4n) is 2.37. The molecule has 5 heteroatoms. The lowest BCUT2D eigenvalue weighted by Gasteiger charge is -2.05. The summed E-state index contributed by atoms with van der Waals surface area (Å²) in [7, 11) is 0. The molecule has 0 bridgehead atoms. The number of benzene rings is 1. The van der Waals surface area contributed by atoms with Crippen LogP contribution < -0.4 is 4.74 Å².